The minimum atomic E-state index is 0.907. The second-order valence-electron chi connectivity index (χ2n) is 34.7. The number of hydrogen-bond donors (Lipinski definition) is 0. The molecule has 6 heteroatoms. The van der Waals surface area contributed by atoms with Crippen LogP contribution in [0.15, 0.2) is 518 Å². The summed E-state index contributed by atoms with van der Waals surface area (Å²) >= 11 is 0. The number of hydrogen-bond acceptors (Lipinski definition) is 4. The maximum absolute atomic E-state index is 6.21. The number of rotatable bonds is 16. The van der Waals surface area contributed by atoms with Crippen LogP contribution in [-0.4, -0.2) is 9.13 Å². The second kappa shape index (κ2) is 33.3. The zero-order chi connectivity index (χ0) is 88.5. The van der Waals surface area contributed by atoms with Crippen LogP contribution in [0.25, 0.3) is 209 Å². The molecule has 22 aromatic carbocycles. The molecule has 0 unspecified atom stereocenters. The van der Waals surface area contributed by atoms with Gasteiger partial charge in [0.05, 0.1) is 22.1 Å². The third-order valence-corrected chi connectivity index (χ3v) is 26.8. The van der Waals surface area contributed by atoms with Crippen LogP contribution in [0.5, 0.6) is 0 Å². The molecule has 0 aliphatic rings. The summed E-state index contributed by atoms with van der Waals surface area (Å²) in [5.41, 5.74) is 36.0. The molecule has 0 saturated heterocycles. The van der Waals surface area contributed by atoms with E-state index in [9.17, 15) is 0 Å². The predicted octanol–water partition coefficient (Wildman–Crippen LogP) is 35.9. The van der Waals surface area contributed by atoms with Gasteiger partial charge in [-0.05, 0) is 262 Å². The zero-order valence-electron chi connectivity index (χ0n) is 73.1. The van der Waals surface area contributed by atoms with Crippen molar-refractivity contribution in [1.82, 2.24) is 9.13 Å². The third-order valence-electron chi connectivity index (χ3n) is 26.8. The van der Waals surface area contributed by atoms with Gasteiger partial charge in [-0.2, -0.15) is 0 Å². The van der Waals surface area contributed by atoms with E-state index in [-0.39, 0.29) is 0 Å². The highest BCUT2D eigenvalue weighted by Gasteiger charge is 2.22. The fourth-order valence-corrected chi connectivity index (χ4v) is 20.1. The monoisotopic (exact) mass is 1710 g/mol. The van der Waals surface area contributed by atoms with Gasteiger partial charge in [0.15, 0.2) is 0 Å². The first-order chi connectivity index (χ1) is 66.4. The van der Waals surface area contributed by atoms with Crippen LogP contribution < -0.4 is 9.80 Å². The molecule has 0 spiro atoms. The summed E-state index contributed by atoms with van der Waals surface area (Å²) < 4.78 is 17.1. The maximum Gasteiger partial charge on any atom is 0.136 e. The Kier molecular flexibility index (Phi) is 19.5. The van der Waals surface area contributed by atoms with Gasteiger partial charge in [0.25, 0.3) is 0 Å². The highest BCUT2D eigenvalue weighted by Crippen LogP contribution is 2.46. The van der Waals surface area contributed by atoms with Crippen molar-refractivity contribution in [2.24, 2.45) is 0 Å². The van der Waals surface area contributed by atoms with Gasteiger partial charge in [0.2, 0.25) is 0 Å². The van der Waals surface area contributed by atoms with Crippen molar-refractivity contribution in [2.75, 3.05) is 9.80 Å². The molecule has 0 N–H and O–H groups in total. The first kappa shape index (κ1) is 78.4. The molecule has 0 atom stereocenters. The summed E-state index contributed by atoms with van der Waals surface area (Å²) in [5.74, 6) is 0. The number of para-hydroxylation sites is 6. The summed E-state index contributed by atoms with van der Waals surface area (Å²) in [4.78, 5) is 4.73. The van der Waals surface area contributed by atoms with Crippen LogP contribution in [0.4, 0.5) is 34.1 Å². The fraction of sp³-hybridized carbons (Fsp3) is 0. The molecule has 0 fully saturated rings. The molecule has 0 aliphatic heterocycles. The number of benzene rings is 22. The lowest BCUT2D eigenvalue weighted by Crippen LogP contribution is -2.10. The number of aromatic nitrogens is 2. The third kappa shape index (κ3) is 14.4. The fourth-order valence-electron chi connectivity index (χ4n) is 20.1. The minimum Gasteiger partial charge on any atom is -0.456 e. The molecule has 0 saturated carbocycles. The summed E-state index contributed by atoms with van der Waals surface area (Å²) in [6.07, 6.45) is 0. The molecule has 0 amide bonds. The van der Waals surface area contributed by atoms with Crippen molar-refractivity contribution in [3.8, 4) is 100 Å². The molecule has 4 heterocycles. The number of nitrogens with zero attached hydrogens (tertiary/aromatic N) is 4. The van der Waals surface area contributed by atoms with Crippen LogP contribution in [0.3, 0.4) is 0 Å². The van der Waals surface area contributed by atoms with E-state index in [1.807, 2.05) is 24.3 Å². The van der Waals surface area contributed by atoms with Gasteiger partial charge in [-0.1, -0.05) is 358 Å². The molecular formula is C128H84N4O2. The van der Waals surface area contributed by atoms with Crippen molar-refractivity contribution >= 4 is 143 Å². The van der Waals surface area contributed by atoms with E-state index in [0.717, 1.165) is 117 Å². The summed E-state index contributed by atoms with van der Waals surface area (Å²) in [6, 6.07) is 184. The molecule has 628 valence electrons. The van der Waals surface area contributed by atoms with E-state index in [1.54, 1.807) is 0 Å². The number of anilines is 6. The Labute approximate surface area is 775 Å². The normalized spacial score (nSPS) is 11.6. The Morgan fingerprint density at radius 2 is 0.425 bits per heavy atom. The van der Waals surface area contributed by atoms with Crippen LogP contribution in [0, 0.1) is 0 Å². The van der Waals surface area contributed by atoms with E-state index in [2.05, 4.69) is 504 Å². The average Bonchev–Trinajstić information content (AvgIpc) is 1.59. The van der Waals surface area contributed by atoms with Gasteiger partial charge in [-0.25, -0.2) is 0 Å². The Morgan fingerprint density at radius 1 is 0.142 bits per heavy atom. The Morgan fingerprint density at radius 3 is 0.866 bits per heavy atom. The van der Waals surface area contributed by atoms with Crippen molar-refractivity contribution in [3.63, 3.8) is 0 Å². The molecule has 0 aliphatic carbocycles. The van der Waals surface area contributed by atoms with E-state index >= 15 is 0 Å². The summed E-state index contributed by atoms with van der Waals surface area (Å²) in [5, 5.41) is 14.6. The first-order valence-corrected chi connectivity index (χ1v) is 45.8. The molecular weight excluding hydrogens is 1630 g/mol. The molecule has 6 nitrogen and oxygen atoms in total. The minimum absolute atomic E-state index is 0.907. The molecule has 26 aromatic rings. The highest BCUT2D eigenvalue weighted by atomic mass is 16.3. The van der Waals surface area contributed by atoms with Crippen LogP contribution in [0.1, 0.15) is 0 Å². The Balaban J connectivity index is 0.000000143. The van der Waals surface area contributed by atoms with Gasteiger partial charge in [-0.15, -0.1) is 0 Å². The van der Waals surface area contributed by atoms with Crippen molar-refractivity contribution in [2.45, 2.75) is 0 Å². The highest BCUT2D eigenvalue weighted by molar-refractivity contribution is 6.12. The SMILES string of the molecule is c1cc(N(c2ccc(-c3ccc(-c4ccc5ccccc5c4)cc3)cc2)c2ccc(-c3ccc(-c4ccc5c(c4)oc4ccccc45)cc3)cc2)cc(-n2c3ccccc3c3ccccc32)c1.c1cc(N(c2ccc(-c3ccc(-c4ccc5oc6ccccc6c5c4)cc3)cc2)c2ccc(-c3ccc(-c4cccc5ccccc45)cc3)cc2)cc(-n2c3ccccc3c3ccccc32)c1. The largest absolute Gasteiger partial charge is 0.456 e. The van der Waals surface area contributed by atoms with Crippen LogP contribution in [0.2, 0.25) is 0 Å². The van der Waals surface area contributed by atoms with Crippen LogP contribution >= 0.6 is 0 Å². The molecule has 0 radical (unpaired) electrons. The van der Waals surface area contributed by atoms with E-state index in [1.165, 1.54) is 126 Å². The van der Waals surface area contributed by atoms with Gasteiger partial charge in [-0.3, -0.25) is 0 Å². The Hall–Kier alpha value is -17.8. The predicted molar refractivity (Wildman–Crippen MR) is 564 cm³/mol. The van der Waals surface area contributed by atoms with Crippen molar-refractivity contribution < 1.29 is 8.83 Å². The summed E-state index contributed by atoms with van der Waals surface area (Å²) in [7, 11) is 0. The quantitative estimate of drug-likeness (QED) is 0.0967. The standard InChI is InChI=1S/2C64H42N2O/c1-2-15-55-48(11-1)12-9-19-56(55)49-29-27-44(28-30-49)46-33-38-52(39-34-46)65(53-13-10-14-54(42-53)66-61-20-6-3-16-57(61)58-17-4-7-21-62(58)66)51-36-31-45(32-37-51)43-23-25-47(26-24-43)50-35-40-64-60(41-50)59-18-5-8-22-63(59)67-64;1-2-11-50-40-51(29-28-43(50)10-1)48-24-20-44(21-25-48)46-30-35-53(36-31-46)65(55-12-9-13-56(42-55)66-61-17-6-3-14-57(61)58-15-4-7-18-62(58)66)54-37-32-47(33-38-54)45-22-26-49(27-23-45)52-34-39-60-59-16-5-8-19-63(59)67-64(60)41-52/h2*1-42H. The lowest BCUT2D eigenvalue weighted by atomic mass is 9.96. The van der Waals surface area contributed by atoms with Gasteiger partial charge >= 0.3 is 0 Å². The summed E-state index contributed by atoms with van der Waals surface area (Å²) in [6.45, 7) is 0. The van der Waals surface area contributed by atoms with E-state index < -0.39 is 0 Å². The van der Waals surface area contributed by atoms with Crippen molar-refractivity contribution in [1.29, 1.82) is 0 Å². The van der Waals surface area contributed by atoms with Gasteiger partial charge in [0.1, 0.15) is 22.3 Å². The smallest absolute Gasteiger partial charge is 0.136 e. The molecule has 0 bridgehead atoms. The van der Waals surface area contributed by atoms with E-state index in [4.69, 9.17) is 8.83 Å². The average molecular weight is 1710 g/mol. The van der Waals surface area contributed by atoms with Gasteiger partial charge in [0, 0.05) is 88.6 Å². The number of fused-ring (bicyclic) bond motifs is 14. The number of furan rings is 2. The van der Waals surface area contributed by atoms with Crippen molar-refractivity contribution in [3.05, 3.63) is 510 Å². The maximum atomic E-state index is 6.21. The van der Waals surface area contributed by atoms with Gasteiger partial charge < -0.3 is 27.8 Å². The lowest BCUT2D eigenvalue weighted by Gasteiger charge is -2.26. The zero-order valence-corrected chi connectivity index (χ0v) is 73.1. The first-order valence-electron chi connectivity index (χ1n) is 45.8. The molecule has 4 aromatic heterocycles. The topological polar surface area (TPSA) is 42.6 Å². The second-order valence-corrected chi connectivity index (χ2v) is 34.7. The molecule has 134 heavy (non-hydrogen) atoms. The lowest BCUT2D eigenvalue weighted by molar-refractivity contribution is 0.668. The van der Waals surface area contributed by atoms with Crippen LogP contribution in [-0.2, 0) is 0 Å². The van der Waals surface area contributed by atoms with E-state index in [0.29, 0.717) is 0 Å². The molecule has 26 rings (SSSR count). The Bertz CT molecular complexity index is 8840.